The number of aromatic nitrogens is 3. The summed E-state index contributed by atoms with van der Waals surface area (Å²) in [5, 5.41) is 12.2. The van der Waals surface area contributed by atoms with Gasteiger partial charge in [-0.1, -0.05) is 29.7 Å². The molecular weight excluding hydrogens is 697 g/mol. The van der Waals surface area contributed by atoms with Crippen molar-refractivity contribution in [3.05, 3.63) is 34.3 Å². The lowest BCUT2D eigenvalue weighted by Crippen LogP contribution is -2.44. The van der Waals surface area contributed by atoms with E-state index < -0.39 is 67.9 Å². The predicted octanol–water partition coefficient (Wildman–Crippen LogP) is 6.74. The van der Waals surface area contributed by atoms with Crippen LogP contribution in [0.3, 0.4) is 0 Å². The van der Waals surface area contributed by atoms with Crippen LogP contribution in [-0.4, -0.2) is 70.2 Å². The van der Waals surface area contributed by atoms with Gasteiger partial charge < -0.3 is 14.5 Å². The zero-order chi connectivity index (χ0) is 35.1. The third-order valence-corrected chi connectivity index (χ3v) is 10.8. The maximum Gasteiger partial charge on any atom is 0.404 e. The number of carbonyl (C=O) groups is 2. The van der Waals surface area contributed by atoms with Crippen molar-refractivity contribution in [1.29, 1.82) is 0 Å². The summed E-state index contributed by atoms with van der Waals surface area (Å²) < 4.78 is 102. The number of carboxylic acids is 1. The Hall–Kier alpha value is -3.22. The molecule has 1 unspecified atom stereocenters. The molecule has 0 spiro atoms. The normalized spacial score (nSPS) is 16.9. The maximum atomic E-state index is 14.7. The Morgan fingerprint density at radius 1 is 1.21 bits per heavy atom. The second-order valence-electron chi connectivity index (χ2n) is 11.7. The van der Waals surface area contributed by atoms with Crippen molar-refractivity contribution in [2.45, 2.75) is 89.4 Å². The number of halogens is 6. The van der Waals surface area contributed by atoms with E-state index in [1.807, 2.05) is 6.92 Å². The lowest BCUT2D eigenvalue weighted by molar-refractivity contribution is -0.151. The fourth-order valence-electron chi connectivity index (χ4n) is 4.97. The molecule has 1 aromatic carbocycles. The van der Waals surface area contributed by atoms with E-state index in [0.29, 0.717) is 30.7 Å². The van der Waals surface area contributed by atoms with Crippen LogP contribution in [0, 0.1) is 5.41 Å². The van der Waals surface area contributed by atoms with Gasteiger partial charge in [0.2, 0.25) is 21.7 Å². The number of amides is 1. The average molecular weight is 728 g/mol. The minimum Gasteiger partial charge on any atom is -0.481 e. The largest absolute Gasteiger partial charge is 0.481 e. The van der Waals surface area contributed by atoms with Gasteiger partial charge in [-0.2, -0.15) is 22.9 Å². The van der Waals surface area contributed by atoms with Crippen molar-refractivity contribution in [3.8, 4) is 21.3 Å². The van der Waals surface area contributed by atoms with Crippen molar-refractivity contribution in [1.82, 2.24) is 24.7 Å². The number of nitrogens with zero attached hydrogens (tertiary/aromatic N) is 4. The highest BCUT2D eigenvalue weighted by molar-refractivity contribution is 7.89. The van der Waals surface area contributed by atoms with Crippen LogP contribution in [0.2, 0.25) is 5.02 Å². The van der Waals surface area contributed by atoms with Gasteiger partial charge in [-0.05, 0) is 52.5 Å². The molecule has 3 aromatic rings. The number of likely N-dealkylation sites (tertiary alicyclic amines) is 1. The smallest absolute Gasteiger partial charge is 0.404 e. The van der Waals surface area contributed by atoms with Gasteiger partial charge in [0, 0.05) is 30.1 Å². The second kappa shape index (κ2) is 13.7. The van der Waals surface area contributed by atoms with E-state index in [-0.39, 0.29) is 45.3 Å². The van der Waals surface area contributed by atoms with Crippen LogP contribution in [0.4, 0.5) is 22.0 Å². The SMILES string of the molecule is CCC(NS(=O)(=O)c1ccc(-c2sc(-c3noc(CC(C)(C)C(=O)O)n3)nc2C(=O)N2CCCC[C@@H]2C)c(C(F)F)c1Cl)C(F)(F)F. The fraction of sp³-hybridized carbons (Fsp3) is 0.536. The van der Waals surface area contributed by atoms with Crippen molar-refractivity contribution in [3.63, 3.8) is 0 Å². The summed E-state index contributed by atoms with van der Waals surface area (Å²) in [5.41, 5.74) is -2.98. The Morgan fingerprint density at radius 2 is 1.89 bits per heavy atom. The Bertz CT molecular complexity index is 1760. The summed E-state index contributed by atoms with van der Waals surface area (Å²) in [5.74, 6) is -1.97. The lowest BCUT2D eigenvalue weighted by Gasteiger charge is -2.33. The second-order valence-corrected chi connectivity index (χ2v) is 14.7. The predicted molar refractivity (Wildman–Crippen MR) is 161 cm³/mol. The number of thiazole rings is 1. The average Bonchev–Trinajstić information content (AvgIpc) is 3.62. The monoisotopic (exact) mass is 727 g/mol. The molecule has 2 aromatic heterocycles. The van der Waals surface area contributed by atoms with Crippen LogP contribution >= 0.6 is 22.9 Å². The summed E-state index contributed by atoms with van der Waals surface area (Å²) in [7, 11) is -5.04. The van der Waals surface area contributed by atoms with Crippen LogP contribution < -0.4 is 4.72 Å². The Balaban J connectivity index is 1.87. The zero-order valence-corrected chi connectivity index (χ0v) is 27.9. The topological polar surface area (TPSA) is 156 Å². The molecule has 1 aliphatic rings. The minimum absolute atomic E-state index is 0.0539. The van der Waals surface area contributed by atoms with Crippen LogP contribution in [0.25, 0.3) is 21.3 Å². The highest BCUT2D eigenvalue weighted by Crippen LogP contribution is 2.45. The maximum absolute atomic E-state index is 14.7. The van der Waals surface area contributed by atoms with Crippen molar-refractivity contribution in [2.75, 3.05) is 6.54 Å². The first-order valence-electron chi connectivity index (χ1n) is 14.4. The van der Waals surface area contributed by atoms with Gasteiger partial charge in [0.15, 0.2) is 5.01 Å². The van der Waals surface area contributed by atoms with Gasteiger partial charge in [0.1, 0.15) is 16.6 Å². The number of sulfonamides is 1. The van der Waals surface area contributed by atoms with Gasteiger partial charge in [-0.25, -0.2) is 22.2 Å². The first-order valence-corrected chi connectivity index (χ1v) is 17.0. The van der Waals surface area contributed by atoms with Gasteiger partial charge in [0.25, 0.3) is 12.3 Å². The summed E-state index contributed by atoms with van der Waals surface area (Å²) >= 11 is 6.93. The number of hydrogen-bond acceptors (Lipinski definition) is 9. The first-order chi connectivity index (χ1) is 21.8. The molecule has 1 saturated heterocycles. The van der Waals surface area contributed by atoms with Crippen LogP contribution in [-0.2, 0) is 21.2 Å². The number of piperidine rings is 1. The Labute approximate surface area is 275 Å². The molecule has 258 valence electrons. The lowest BCUT2D eigenvalue weighted by atomic mass is 9.90. The number of hydrogen-bond donors (Lipinski definition) is 2. The molecule has 3 heterocycles. The standard InChI is InChI=1S/C28H31ClF5N5O6S2/c1-5-16(28(32,33)34)38-47(43,44)15-10-9-14(18(19(15)29)22(30)31)21-20(25(40)39-11-7-6-8-13(39)2)36-24(46-21)23-35-17(45-37-23)12-27(3,4)26(41)42/h9-10,13,16,22,38H,5-8,11-12H2,1-4H3,(H,41,42)/t13-,16?/m0/s1. The molecule has 0 saturated carbocycles. The van der Waals surface area contributed by atoms with E-state index in [2.05, 4.69) is 15.1 Å². The molecule has 19 heteroatoms. The Kier molecular flexibility index (Phi) is 10.7. The third-order valence-electron chi connectivity index (χ3n) is 7.72. The number of benzene rings is 1. The fourth-order valence-corrected chi connectivity index (χ4v) is 7.94. The molecule has 1 aliphatic heterocycles. The molecule has 11 nitrogen and oxygen atoms in total. The molecule has 47 heavy (non-hydrogen) atoms. The molecule has 0 aliphatic carbocycles. The highest BCUT2D eigenvalue weighted by atomic mass is 35.5. The van der Waals surface area contributed by atoms with Gasteiger partial charge in [-0.15, -0.1) is 11.3 Å². The van der Waals surface area contributed by atoms with Crippen LogP contribution in [0.15, 0.2) is 21.6 Å². The Morgan fingerprint density at radius 3 is 2.47 bits per heavy atom. The van der Waals surface area contributed by atoms with Crippen molar-refractivity contribution >= 4 is 44.8 Å². The number of carboxylic acid groups (broad SMARTS) is 1. The van der Waals surface area contributed by atoms with E-state index in [1.165, 1.54) is 23.5 Å². The molecule has 0 bridgehead atoms. The molecule has 2 atom stereocenters. The molecular formula is C28H31ClF5N5O6S2. The summed E-state index contributed by atoms with van der Waals surface area (Å²) in [6, 6.07) is -1.01. The molecule has 2 N–H and O–H groups in total. The number of alkyl halides is 5. The van der Waals surface area contributed by atoms with E-state index in [1.54, 1.807) is 0 Å². The summed E-state index contributed by atoms with van der Waals surface area (Å²) in [6.45, 7) is 6.15. The van der Waals surface area contributed by atoms with Gasteiger partial charge >= 0.3 is 12.1 Å². The molecule has 1 fully saturated rings. The van der Waals surface area contributed by atoms with E-state index in [4.69, 9.17) is 16.1 Å². The third kappa shape index (κ3) is 7.76. The summed E-state index contributed by atoms with van der Waals surface area (Å²) in [6.07, 6.45) is -7.01. The quantitative estimate of drug-likeness (QED) is 0.204. The highest BCUT2D eigenvalue weighted by Gasteiger charge is 2.42. The zero-order valence-electron chi connectivity index (χ0n) is 25.5. The van der Waals surface area contributed by atoms with Crippen LogP contribution in [0.1, 0.15) is 81.7 Å². The number of nitrogens with one attached hydrogen (secondary N) is 1. The van der Waals surface area contributed by atoms with Crippen molar-refractivity contribution in [2.24, 2.45) is 5.41 Å². The summed E-state index contributed by atoms with van der Waals surface area (Å²) in [4.78, 5) is 34.4. The van der Waals surface area contributed by atoms with Gasteiger partial charge in [-0.3, -0.25) is 9.59 Å². The van der Waals surface area contributed by atoms with E-state index in [9.17, 15) is 45.1 Å². The van der Waals surface area contributed by atoms with Gasteiger partial charge in [0.05, 0.1) is 15.3 Å². The van der Waals surface area contributed by atoms with E-state index >= 15 is 0 Å². The molecule has 0 radical (unpaired) electrons. The van der Waals surface area contributed by atoms with E-state index in [0.717, 1.165) is 25.5 Å². The molecule has 1 amide bonds. The minimum atomic E-state index is -5.04. The molecule has 4 rings (SSSR count). The number of carbonyl (C=O) groups excluding carboxylic acids is 1. The van der Waals surface area contributed by atoms with Crippen LogP contribution in [0.5, 0.6) is 0 Å². The number of aliphatic carboxylic acids is 1. The van der Waals surface area contributed by atoms with Crippen molar-refractivity contribution < 1.29 is 49.6 Å². The first kappa shape index (κ1) is 36.6. The number of rotatable bonds is 11.